The quantitative estimate of drug-likeness (QED) is 0.247. The molecule has 2 heterocycles. The Morgan fingerprint density at radius 3 is 1.55 bits per heavy atom. The van der Waals surface area contributed by atoms with Crippen molar-refractivity contribution in [1.82, 2.24) is 15.5 Å². The summed E-state index contributed by atoms with van der Waals surface area (Å²) in [4.78, 5) is 105. The average molecular weight is 655 g/mol. The first-order chi connectivity index (χ1) is 22.4. The molecule has 2 aliphatic rings. The van der Waals surface area contributed by atoms with Crippen LogP contribution in [-0.4, -0.2) is 70.5 Å². The second kappa shape index (κ2) is 19.5. The van der Waals surface area contributed by atoms with E-state index in [1.165, 1.54) is 0 Å². The van der Waals surface area contributed by atoms with Gasteiger partial charge in [-0.05, 0) is 24.0 Å². The van der Waals surface area contributed by atoms with Gasteiger partial charge >= 0.3 is 24.4 Å². The molecule has 4 rings (SSSR count). The number of amides is 5. The van der Waals surface area contributed by atoms with E-state index < -0.39 is 41.5 Å². The summed E-state index contributed by atoms with van der Waals surface area (Å²) in [6, 6.07) is 18.1. The number of hydrogen-bond donors (Lipinski definition) is 3. The number of ether oxygens (including phenoxy) is 2. The number of nitrogens with one attached hydrogen (secondary N) is 2. The van der Waals surface area contributed by atoms with Gasteiger partial charge in [0.15, 0.2) is 0 Å². The molecule has 5 amide bonds. The van der Waals surface area contributed by atoms with Crippen molar-refractivity contribution < 1.29 is 57.4 Å². The normalized spacial score (nSPS) is 19.0. The molecular formula is C31H34N4O12. The van der Waals surface area contributed by atoms with Crippen LogP contribution in [0.2, 0.25) is 0 Å². The van der Waals surface area contributed by atoms with Gasteiger partial charge < -0.3 is 15.2 Å². The Hall–Kier alpha value is -5.82. The SMILES string of the molecule is CCC1(N(CC(=O)OCc2ccccc2)C(=O)OCc2ccccc2)CC(=O)NC1=O.CCC1(N)CC(=O)NC1=O.O=C=O.O=C=O. The number of nitrogens with two attached hydrogens (primary N) is 1. The molecule has 2 aromatic rings. The smallest absolute Gasteiger partial charge is 0.411 e. The standard InChI is InChI=1S/C23H24N2O6.C6H10N2O2.2CO2/c1-2-23(13-19(26)24-21(23)28)25(22(29)31-16-18-11-7-4-8-12-18)14-20(27)30-15-17-9-5-3-6-10-17;1-2-6(7)3-4(9)8-5(6)10;2*2-1-3/h3-12H,2,13-16H2,1H3,(H,24,26,28);2-3,7H2,1H3,(H,8,9,10);;. The predicted octanol–water partition coefficient (Wildman–Crippen LogP) is 0.537. The van der Waals surface area contributed by atoms with E-state index in [1.807, 2.05) is 24.3 Å². The third-order valence-corrected chi connectivity index (χ3v) is 7.00. The van der Waals surface area contributed by atoms with Gasteiger partial charge in [-0.2, -0.15) is 19.2 Å². The summed E-state index contributed by atoms with van der Waals surface area (Å²) >= 11 is 0. The van der Waals surface area contributed by atoms with E-state index in [9.17, 15) is 28.8 Å². The summed E-state index contributed by atoms with van der Waals surface area (Å²) in [6.45, 7) is 2.93. The minimum Gasteiger partial charge on any atom is -0.459 e. The molecule has 2 saturated heterocycles. The number of hydrogen-bond acceptors (Lipinski definition) is 13. The lowest BCUT2D eigenvalue weighted by molar-refractivity contribution is -0.193. The minimum absolute atomic E-state index is 0.0246. The zero-order valence-electron chi connectivity index (χ0n) is 25.6. The molecule has 0 aromatic heterocycles. The van der Waals surface area contributed by atoms with E-state index >= 15 is 0 Å². The lowest BCUT2D eigenvalue weighted by Crippen LogP contribution is -2.57. The van der Waals surface area contributed by atoms with Crippen molar-refractivity contribution in [2.75, 3.05) is 6.54 Å². The first kappa shape index (κ1) is 39.2. The van der Waals surface area contributed by atoms with Crippen LogP contribution in [0.1, 0.15) is 50.7 Å². The Kier molecular flexibility index (Phi) is 16.3. The van der Waals surface area contributed by atoms with Crippen LogP contribution in [0.3, 0.4) is 0 Å². The summed E-state index contributed by atoms with van der Waals surface area (Å²) in [6.07, 6.45) is 0.158. The fourth-order valence-corrected chi connectivity index (χ4v) is 4.38. The van der Waals surface area contributed by atoms with Gasteiger partial charge in [-0.25, -0.2) is 4.79 Å². The van der Waals surface area contributed by atoms with Gasteiger partial charge in [-0.3, -0.25) is 39.5 Å². The minimum atomic E-state index is -1.50. The van der Waals surface area contributed by atoms with Crippen LogP contribution in [0.15, 0.2) is 60.7 Å². The van der Waals surface area contributed by atoms with Crippen LogP contribution < -0.4 is 16.4 Å². The number of esters is 1. The van der Waals surface area contributed by atoms with E-state index in [-0.39, 0.29) is 56.6 Å². The largest absolute Gasteiger partial charge is 0.459 e. The van der Waals surface area contributed by atoms with Gasteiger partial charge in [0.25, 0.3) is 5.91 Å². The molecule has 47 heavy (non-hydrogen) atoms. The first-order valence-corrected chi connectivity index (χ1v) is 14.0. The molecule has 250 valence electrons. The fourth-order valence-electron chi connectivity index (χ4n) is 4.38. The third-order valence-electron chi connectivity index (χ3n) is 7.00. The number of rotatable bonds is 9. The maximum atomic E-state index is 12.9. The van der Waals surface area contributed by atoms with Gasteiger partial charge in [0.2, 0.25) is 17.7 Å². The van der Waals surface area contributed by atoms with Crippen LogP contribution >= 0.6 is 0 Å². The van der Waals surface area contributed by atoms with Crippen molar-refractivity contribution in [1.29, 1.82) is 0 Å². The Labute approximate surface area is 268 Å². The predicted molar refractivity (Wildman–Crippen MR) is 155 cm³/mol. The summed E-state index contributed by atoms with van der Waals surface area (Å²) in [5, 5.41) is 4.37. The monoisotopic (exact) mass is 654 g/mol. The Morgan fingerprint density at radius 2 is 1.19 bits per heavy atom. The lowest BCUT2D eigenvalue weighted by atomic mass is 9.92. The molecule has 2 atom stereocenters. The molecule has 16 nitrogen and oxygen atoms in total. The molecule has 2 aliphatic heterocycles. The number of nitrogens with zero attached hydrogens (tertiary/aromatic N) is 1. The van der Waals surface area contributed by atoms with E-state index in [1.54, 1.807) is 50.2 Å². The van der Waals surface area contributed by atoms with Gasteiger partial charge in [-0.1, -0.05) is 74.5 Å². The highest BCUT2D eigenvalue weighted by Crippen LogP contribution is 2.30. The van der Waals surface area contributed by atoms with Crippen molar-refractivity contribution in [3.05, 3.63) is 71.8 Å². The van der Waals surface area contributed by atoms with Crippen molar-refractivity contribution >= 4 is 48.0 Å². The maximum Gasteiger partial charge on any atom is 0.411 e. The third kappa shape index (κ3) is 11.9. The van der Waals surface area contributed by atoms with Gasteiger partial charge in [0.1, 0.15) is 30.8 Å². The zero-order chi connectivity index (χ0) is 35.5. The highest BCUT2D eigenvalue weighted by Gasteiger charge is 2.53. The first-order valence-electron chi connectivity index (χ1n) is 14.0. The molecule has 2 unspecified atom stereocenters. The highest BCUT2D eigenvalue weighted by molar-refractivity contribution is 6.10. The van der Waals surface area contributed by atoms with Gasteiger partial charge in [-0.15, -0.1) is 0 Å². The molecule has 16 heteroatoms. The van der Waals surface area contributed by atoms with E-state index in [0.717, 1.165) is 16.0 Å². The molecule has 4 N–H and O–H groups in total. The Morgan fingerprint density at radius 1 is 0.745 bits per heavy atom. The average Bonchev–Trinajstić information content (AvgIpc) is 3.51. The summed E-state index contributed by atoms with van der Waals surface area (Å²) in [5.41, 5.74) is 4.66. The van der Waals surface area contributed by atoms with Gasteiger partial charge in [0, 0.05) is 0 Å². The summed E-state index contributed by atoms with van der Waals surface area (Å²) in [5.74, 6) is -2.47. The van der Waals surface area contributed by atoms with Crippen LogP contribution in [0.25, 0.3) is 0 Å². The molecule has 0 spiro atoms. The molecular weight excluding hydrogens is 620 g/mol. The fraction of sp³-hybridized carbons (Fsp3) is 0.355. The molecule has 0 radical (unpaired) electrons. The van der Waals surface area contributed by atoms with E-state index in [4.69, 9.17) is 34.4 Å². The van der Waals surface area contributed by atoms with Crippen molar-refractivity contribution in [3.8, 4) is 0 Å². The molecule has 0 bridgehead atoms. The Bertz CT molecular complexity index is 1460. The van der Waals surface area contributed by atoms with E-state index in [2.05, 4.69) is 10.6 Å². The number of imide groups is 2. The summed E-state index contributed by atoms with van der Waals surface area (Å²) < 4.78 is 10.6. The highest BCUT2D eigenvalue weighted by atomic mass is 16.6. The van der Waals surface area contributed by atoms with Crippen molar-refractivity contribution in [2.24, 2.45) is 5.73 Å². The van der Waals surface area contributed by atoms with Crippen molar-refractivity contribution in [3.63, 3.8) is 0 Å². The van der Waals surface area contributed by atoms with Crippen molar-refractivity contribution in [2.45, 2.75) is 63.8 Å². The molecule has 2 fully saturated rings. The second-order valence-corrected chi connectivity index (χ2v) is 9.94. The van der Waals surface area contributed by atoms with Crippen LogP contribution in [0, 0.1) is 0 Å². The molecule has 0 aliphatic carbocycles. The van der Waals surface area contributed by atoms with Gasteiger partial charge in [0.05, 0.1) is 12.8 Å². The zero-order valence-corrected chi connectivity index (χ0v) is 25.6. The topological polar surface area (TPSA) is 242 Å². The van der Waals surface area contributed by atoms with E-state index in [0.29, 0.717) is 6.42 Å². The second-order valence-electron chi connectivity index (χ2n) is 9.94. The number of benzene rings is 2. The number of carbonyl (C=O) groups is 6. The Balaban J connectivity index is 0.000000570. The van der Waals surface area contributed by atoms with Crippen LogP contribution in [0.5, 0.6) is 0 Å². The molecule has 2 aromatic carbocycles. The summed E-state index contributed by atoms with van der Waals surface area (Å²) in [7, 11) is 0. The number of carbonyl (C=O) groups excluding carboxylic acids is 10. The maximum absolute atomic E-state index is 12.9. The van der Waals surface area contributed by atoms with Crippen LogP contribution in [0.4, 0.5) is 4.79 Å². The lowest BCUT2D eigenvalue weighted by Gasteiger charge is -2.36. The molecule has 0 saturated carbocycles. The van der Waals surface area contributed by atoms with Crippen LogP contribution in [-0.2, 0) is 65.8 Å².